The fourth-order valence-electron chi connectivity index (χ4n) is 4.25. The summed E-state index contributed by atoms with van der Waals surface area (Å²) in [5, 5.41) is 11.8. The van der Waals surface area contributed by atoms with Crippen LogP contribution in [0.5, 0.6) is 17.2 Å². The number of carbonyl (C=O) groups excluding carboxylic acids is 2. The van der Waals surface area contributed by atoms with Gasteiger partial charge in [0, 0.05) is 16.3 Å². The van der Waals surface area contributed by atoms with Crippen molar-refractivity contribution in [3.05, 3.63) is 88.5 Å². The van der Waals surface area contributed by atoms with Gasteiger partial charge in [0.1, 0.15) is 23.0 Å². The third kappa shape index (κ3) is 4.62. The summed E-state index contributed by atoms with van der Waals surface area (Å²) < 4.78 is 16.7. The Hall–Kier alpha value is -3.97. The topological polar surface area (TPSA) is 85.3 Å². The third-order valence-corrected chi connectivity index (χ3v) is 6.02. The van der Waals surface area contributed by atoms with Gasteiger partial charge in [0.25, 0.3) is 11.7 Å². The molecular weight excluding hydrogens is 482 g/mol. The van der Waals surface area contributed by atoms with Crippen molar-refractivity contribution in [2.75, 3.05) is 19.1 Å². The first-order valence-electron chi connectivity index (χ1n) is 11.3. The lowest BCUT2D eigenvalue weighted by Crippen LogP contribution is -2.29. The van der Waals surface area contributed by atoms with E-state index in [2.05, 4.69) is 0 Å². The fourth-order valence-corrected chi connectivity index (χ4v) is 4.43. The second kappa shape index (κ2) is 10.3. The molecule has 1 fully saturated rings. The number of methoxy groups -OCH3 is 2. The minimum Gasteiger partial charge on any atom is -0.507 e. The molecule has 0 radical (unpaired) electrons. The molecule has 1 unspecified atom stereocenters. The van der Waals surface area contributed by atoms with Crippen LogP contribution in [0.25, 0.3) is 5.76 Å². The minimum absolute atomic E-state index is 0.0219. The van der Waals surface area contributed by atoms with Crippen molar-refractivity contribution in [2.45, 2.75) is 26.0 Å². The van der Waals surface area contributed by atoms with Crippen LogP contribution in [-0.4, -0.2) is 37.1 Å². The first-order chi connectivity index (χ1) is 17.3. The maximum absolute atomic E-state index is 13.4. The highest BCUT2D eigenvalue weighted by molar-refractivity contribution is 6.51. The highest BCUT2D eigenvalue weighted by atomic mass is 35.5. The lowest BCUT2D eigenvalue weighted by atomic mass is 9.94. The maximum Gasteiger partial charge on any atom is 0.300 e. The van der Waals surface area contributed by atoms with E-state index in [0.29, 0.717) is 33.5 Å². The molecule has 0 aliphatic carbocycles. The van der Waals surface area contributed by atoms with Crippen molar-refractivity contribution in [1.82, 2.24) is 0 Å². The fraction of sp³-hybridized carbons (Fsp3) is 0.214. The van der Waals surface area contributed by atoms with E-state index < -0.39 is 23.5 Å². The van der Waals surface area contributed by atoms with E-state index >= 15 is 0 Å². The van der Waals surface area contributed by atoms with Crippen LogP contribution in [0, 0.1) is 0 Å². The summed E-state index contributed by atoms with van der Waals surface area (Å²) in [4.78, 5) is 28.2. The lowest BCUT2D eigenvalue weighted by Gasteiger charge is -2.27. The number of hydrogen-bond donors (Lipinski definition) is 1. The molecule has 1 aliphatic rings. The Morgan fingerprint density at radius 3 is 2.25 bits per heavy atom. The number of anilines is 1. The van der Waals surface area contributed by atoms with Crippen LogP contribution in [0.3, 0.4) is 0 Å². The quantitative estimate of drug-likeness (QED) is 0.248. The van der Waals surface area contributed by atoms with Gasteiger partial charge in [-0.15, -0.1) is 0 Å². The van der Waals surface area contributed by atoms with Crippen molar-refractivity contribution >= 4 is 34.7 Å². The highest BCUT2D eigenvalue weighted by Gasteiger charge is 2.48. The Morgan fingerprint density at radius 2 is 1.61 bits per heavy atom. The van der Waals surface area contributed by atoms with E-state index in [9.17, 15) is 14.7 Å². The first kappa shape index (κ1) is 25.1. The normalized spacial score (nSPS) is 16.9. The number of ketones is 1. The molecule has 7 nitrogen and oxygen atoms in total. The van der Waals surface area contributed by atoms with Crippen molar-refractivity contribution in [3.8, 4) is 17.2 Å². The van der Waals surface area contributed by atoms with E-state index in [1.807, 2.05) is 13.8 Å². The van der Waals surface area contributed by atoms with Crippen molar-refractivity contribution in [2.24, 2.45) is 0 Å². The summed E-state index contributed by atoms with van der Waals surface area (Å²) in [5.74, 6) is -0.636. The number of ether oxygens (including phenoxy) is 3. The molecule has 36 heavy (non-hydrogen) atoms. The van der Waals surface area contributed by atoms with E-state index in [-0.39, 0.29) is 17.2 Å². The van der Waals surface area contributed by atoms with E-state index in [1.54, 1.807) is 60.7 Å². The number of benzene rings is 3. The summed E-state index contributed by atoms with van der Waals surface area (Å²) >= 11 is 6.18. The largest absolute Gasteiger partial charge is 0.507 e. The monoisotopic (exact) mass is 507 g/mol. The van der Waals surface area contributed by atoms with Gasteiger partial charge in [0.2, 0.25) is 0 Å². The molecule has 0 spiro atoms. The molecule has 8 heteroatoms. The smallest absolute Gasteiger partial charge is 0.300 e. The zero-order valence-electron chi connectivity index (χ0n) is 20.3. The maximum atomic E-state index is 13.4. The van der Waals surface area contributed by atoms with E-state index in [1.165, 1.54) is 25.2 Å². The van der Waals surface area contributed by atoms with Gasteiger partial charge >= 0.3 is 0 Å². The molecule has 1 amide bonds. The Bertz CT molecular complexity index is 1330. The van der Waals surface area contributed by atoms with Crippen LogP contribution in [0.4, 0.5) is 5.69 Å². The predicted octanol–water partition coefficient (Wildman–Crippen LogP) is 5.77. The molecule has 186 valence electrons. The van der Waals surface area contributed by atoms with Crippen LogP contribution in [0.1, 0.15) is 31.0 Å². The van der Waals surface area contributed by atoms with Crippen LogP contribution >= 0.6 is 11.6 Å². The molecule has 0 aromatic heterocycles. The van der Waals surface area contributed by atoms with Gasteiger partial charge in [-0.05, 0) is 62.4 Å². The SMILES string of the molecule is COc1ccc(Cl)cc1/C(O)=C1\C(=O)C(=O)N(c2ccc(OC(C)C)cc2)C1c1ccccc1OC. The third-order valence-electron chi connectivity index (χ3n) is 5.78. The van der Waals surface area contributed by atoms with Crippen molar-refractivity contribution in [3.63, 3.8) is 0 Å². The number of carbonyl (C=O) groups is 2. The number of hydrogen-bond acceptors (Lipinski definition) is 6. The van der Waals surface area contributed by atoms with Gasteiger partial charge in [0.15, 0.2) is 0 Å². The first-order valence-corrected chi connectivity index (χ1v) is 11.7. The molecule has 0 bridgehead atoms. The average molecular weight is 508 g/mol. The molecular formula is C28H26ClNO6. The van der Waals surface area contributed by atoms with Gasteiger partial charge in [-0.2, -0.15) is 0 Å². The number of nitrogens with zero attached hydrogens (tertiary/aromatic N) is 1. The van der Waals surface area contributed by atoms with Crippen LogP contribution in [-0.2, 0) is 9.59 Å². The molecule has 0 saturated carbocycles. The van der Waals surface area contributed by atoms with Crippen molar-refractivity contribution < 1.29 is 28.9 Å². The molecule has 4 rings (SSSR count). The van der Waals surface area contributed by atoms with Crippen LogP contribution < -0.4 is 19.1 Å². The summed E-state index contributed by atoms with van der Waals surface area (Å²) in [6.07, 6.45) is -0.0219. The number of amides is 1. The van der Waals surface area contributed by atoms with Crippen LogP contribution in [0.2, 0.25) is 5.02 Å². The highest BCUT2D eigenvalue weighted by Crippen LogP contribution is 2.46. The van der Waals surface area contributed by atoms with Gasteiger partial charge < -0.3 is 19.3 Å². The van der Waals surface area contributed by atoms with Crippen LogP contribution in [0.15, 0.2) is 72.3 Å². The number of aliphatic hydroxyl groups is 1. The Balaban J connectivity index is 1.95. The summed E-state index contributed by atoms with van der Waals surface area (Å²) in [7, 11) is 2.94. The molecule has 3 aromatic carbocycles. The second-order valence-corrected chi connectivity index (χ2v) is 8.85. The summed E-state index contributed by atoms with van der Waals surface area (Å²) in [6, 6.07) is 17.6. The number of rotatable bonds is 7. The van der Waals surface area contributed by atoms with Gasteiger partial charge in [0.05, 0.1) is 37.5 Å². The Kier molecular flexibility index (Phi) is 7.22. The number of halogens is 1. The van der Waals surface area contributed by atoms with Gasteiger partial charge in [-0.1, -0.05) is 29.8 Å². The molecule has 1 aliphatic heterocycles. The number of para-hydroxylation sites is 1. The molecule has 1 saturated heterocycles. The predicted molar refractivity (Wildman–Crippen MR) is 138 cm³/mol. The van der Waals surface area contributed by atoms with Gasteiger partial charge in [-0.25, -0.2) is 0 Å². The zero-order valence-corrected chi connectivity index (χ0v) is 21.1. The number of aliphatic hydroxyl groups excluding tert-OH is 1. The van der Waals surface area contributed by atoms with E-state index in [0.717, 1.165) is 0 Å². The summed E-state index contributed by atoms with van der Waals surface area (Å²) in [5.41, 5.74) is 1.08. The molecule has 1 N–H and O–H groups in total. The second-order valence-electron chi connectivity index (χ2n) is 8.42. The van der Waals surface area contributed by atoms with Gasteiger partial charge in [-0.3, -0.25) is 14.5 Å². The van der Waals surface area contributed by atoms with E-state index in [4.69, 9.17) is 25.8 Å². The standard InChI is InChI=1S/C28H26ClNO6/c1-16(2)36-19-12-10-18(11-13-19)30-25(20-7-5-6-8-22(20)34-3)24(27(32)28(30)33)26(31)21-15-17(29)9-14-23(21)35-4/h5-16,25,31H,1-4H3/b26-24+. The lowest BCUT2D eigenvalue weighted by molar-refractivity contribution is -0.132. The molecule has 3 aromatic rings. The number of Topliss-reactive ketones (excluding diaryl/α,β-unsaturated/α-hetero) is 1. The summed E-state index contributed by atoms with van der Waals surface area (Å²) in [6.45, 7) is 3.83. The Labute approximate surface area is 214 Å². The zero-order chi connectivity index (χ0) is 26.0. The minimum atomic E-state index is -0.971. The average Bonchev–Trinajstić information content (AvgIpc) is 3.13. The molecule has 1 heterocycles. The Morgan fingerprint density at radius 1 is 0.944 bits per heavy atom. The molecule has 1 atom stereocenters. The van der Waals surface area contributed by atoms with Crippen molar-refractivity contribution in [1.29, 1.82) is 0 Å².